The Morgan fingerprint density at radius 3 is 2.49 bits per heavy atom. The smallest absolute Gasteiger partial charge is 0.223 e. The maximum absolute atomic E-state index is 13.4. The molecular formula is C27H27F2N5O. The number of fused-ring (bicyclic) bond motifs is 1. The standard InChI is InChI=1S/C27H27F2N5O/c1-17-3-4-21(11-18(17)2)24-15-25-26(30-7-10-34(25)32-24)33-8-5-20(6-9-33)27(35)31-16-19-12-22(28)14-23(29)13-19/h3-4,7,10-15,20H,5-6,8-9,16H2,1-2H3,(H,31,35). The van der Waals surface area contributed by atoms with Gasteiger partial charge in [0.25, 0.3) is 0 Å². The maximum atomic E-state index is 13.4. The number of nitrogens with one attached hydrogen (secondary N) is 1. The van der Waals surface area contributed by atoms with Gasteiger partial charge in [-0.1, -0.05) is 12.1 Å². The van der Waals surface area contributed by atoms with Crippen molar-refractivity contribution in [2.24, 2.45) is 5.92 Å². The molecule has 1 amide bonds. The lowest BCUT2D eigenvalue weighted by atomic mass is 9.95. The van der Waals surface area contributed by atoms with Gasteiger partial charge in [0.2, 0.25) is 5.91 Å². The Morgan fingerprint density at radius 1 is 1.03 bits per heavy atom. The van der Waals surface area contributed by atoms with Crippen LogP contribution in [0.4, 0.5) is 14.6 Å². The monoisotopic (exact) mass is 475 g/mol. The van der Waals surface area contributed by atoms with Crippen LogP contribution < -0.4 is 10.2 Å². The first-order valence-electron chi connectivity index (χ1n) is 11.8. The van der Waals surface area contributed by atoms with Crippen molar-refractivity contribution in [1.29, 1.82) is 0 Å². The summed E-state index contributed by atoms with van der Waals surface area (Å²) >= 11 is 0. The molecule has 3 heterocycles. The van der Waals surface area contributed by atoms with Gasteiger partial charge in [-0.25, -0.2) is 18.3 Å². The van der Waals surface area contributed by atoms with E-state index in [1.165, 1.54) is 23.3 Å². The van der Waals surface area contributed by atoms with E-state index in [4.69, 9.17) is 5.10 Å². The van der Waals surface area contributed by atoms with Crippen molar-refractivity contribution in [3.63, 3.8) is 0 Å². The molecule has 0 unspecified atom stereocenters. The summed E-state index contributed by atoms with van der Waals surface area (Å²) in [6, 6.07) is 11.7. The molecule has 1 aliphatic heterocycles. The summed E-state index contributed by atoms with van der Waals surface area (Å²) in [4.78, 5) is 19.5. The van der Waals surface area contributed by atoms with E-state index in [2.05, 4.69) is 53.3 Å². The molecule has 1 aliphatic rings. The molecule has 1 saturated heterocycles. The molecular weight excluding hydrogens is 448 g/mol. The molecule has 4 aromatic rings. The number of carbonyl (C=O) groups is 1. The summed E-state index contributed by atoms with van der Waals surface area (Å²) in [7, 11) is 0. The van der Waals surface area contributed by atoms with Gasteiger partial charge in [0.05, 0.1) is 5.69 Å². The van der Waals surface area contributed by atoms with Gasteiger partial charge in [0, 0.05) is 49.6 Å². The summed E-state index contributed by atoms with van der Waals surface area (Å²) in [5, 5.41) is 7.57. The summed E-state index contributed by atoms with van der Waals surface area (Å²) < 4.78 is 28.6. The normalized spacial score (nSPS) is 14.5. The highest BCUT2D eigenvalue weighted by atomic mass is 19.1. The number of amides is 1. The average molecular weight is 476 g/mol. The Morgan fingerprint density at radius 2 is 1.77 bits per heavy atom. The predicted molar refractivity (Wildman–Crippen MR) is 131 cm³/mol. The van der Waals surface area contributed by atoms with Gasteiger partial charge in [-0.15, -0.1) is 0 Å². The number of rotatable bonds is 5. The molecule has 8 heteroatoms. The molecule has 5 rings (SSSR count). The maximum Gasteiger partial charge on any atom is 0.223 e. The van der Waals surface area contributed by atoms with Crippen LogP contribution in [0.25, 0.3) is 16.8 Å². The van der Waals surface area contributed by atoms with E-state index in [0.29, 0.717) is 31.5 Å². The number of aromatic nitrogens is 3. The van der Waals surface area contributed by atoms with Gasteiger partial charge >= 0.3 is 0 Å². The van der Waals surface area contributed by atoms with Gasteiger partial charge in [0.15, 0.2) is 5.82 Å². The van der Waals surface area contributed by atoms with Crippen LogP contribution in [0.5, 0.6) is 0 Å². The number of hydrogen-bond acceptors (Lipinski definition) is 4. The molecule has 0 radical (unpaired) electrons. The van der Waals surface area contributed by atoms with Crippen molar-refractivity contribution in [2.45, 2.75) is 33.2 Å². The van der Waals surface area contributed by atoms with Crippen molar-refractivity contribution in [1.82, 2.24) is 19.9 Å². The summed E-state index contributed by atoms with van der Waals surface area (Å²) in [5.74, 6) is -0.694. The van der Waals surface area contributed by atoms with Crippen LogP contribution in [0.15, 0.2) is 54.9 Å². The number of nitrogens with zero attached hydrogens (tertiary/aromatic N) is 4. The van der Waals surface area contributed by atoms with Gasteiger partial charge in [-0.05, 0) is 67.6 Å². The number of piperidine rings is 1. The topological polar surface area (TPSA) is 62.5 Å². The van der Waals surface area contributed by atoms with Gasteiger partial charge in [-0.3, -0.25) is 4.79 Å². The molecule has 2 aromatic heterocycles. The molecule has 2 aromatic carbocycles. The average Bonchev–Trinajstić information content (AvgIpc) is 3.28. The zero-order valence-electron chi connectivity index (χ0n) is 19.8. The highest BCUT2D eigenvalue weighted by Gasteiger charge is 2.27. The van der Waals surface area contributed by atoms with E-state index < -0.39 is 11.6 Å². The Kier molecular flexibility index (Phi) is 6.19. The fourth-order valence-electron chi connectivity index (χ4n) is 4.59. The van der Waals surface area contributed by atoms with Crippen molar-refractivity contribution in [3.05, 3.63) is 83.2 Å². The molecule has 180 valence electrons. The zero-order valence-corrected chi connectivity index (χ0v) is 19.8. The molecule has 0 aliphatic carbocycles. The number of anilines is 1. The van der Waals surface area contributed by atoms with E-state index in [0.717, 1.165) is 28.7 Å². The number of aryl methyl sites for hydroxylation is 2. The third kappa shape index (κ3) is 4.87. The van der Waals surface area contributed by atoms with Crippen molar-refractivity contribution in [3.8, 4) is 11.3 Å². The fourth-order valence-corrected chi connectivity index (χ4v) is 4.59. The summed E-state index contributed by atoms with van der Waals surface area (Å²) in [6.07, 6.45) is 4.93. The van der Waals surface area contributed by atoms with Crippen molar-refractivity contribution >= 4 is 17.2 Å². The van der Waals surface area contributed by atoms with E-state index in [1.54, 1.807) is 6.20 Å². The van der Waals surface area contributed by atoms with Gasteiger partial charge < -0.3 is 10.2 Å². The molecule has 0 atom stereocenters. The molecule has 0 spiro atoms. The molecule has 0 bridgehead atoms. The first kappa shape index (κ1) is 23.0. The first-order valence-corrected chi connectivity index (χ1v) is 11.8. The fraction of sp³-hybridized carbons (Fsp3) is 0.296. The highest BCUT2D eigenvalue weighted by Crippen LogP contribution is 2.29. The van der Waals surface area contributed by atoms with Crippen molar-refractivity contribution in [2.75, 3.05) is 18.0 Å². The summed E-state index contributed by atoms with van der Waals surface area (Å²) in [5.41, 5.74) is 5.76. The minimum absolute atomic E-state index is 0.0955. The Bertz CT molecular complexity index is 1370. The van der Waals surface area contributed by atoms with E-state index in [1.807, 2.05) is 10.7 Å². The third-order valence-electron chi connectivity index (χ3n) is 6.73. The Labute approximate surface area is 202 Å². The SMILES string of the molecule is Cc1ccc(-c2cc3c(N4CCC(C(=O)NCc5cc(F)cc(F)c5)CC4)nccn3n2)cc1C. The van der Waals surface area contributed by atoms with Crippen LogP contribution in [-0.2, 0) is 11.3 Å². The Balaban J connectivity index is 1.26. The van der Waals surface area contributed by atoms with Crippen molar-refractivity contribution < 1.29 is 13.6 Å². The number of halogens is 2. The minimum Gasteiger partial charge on any atom is -0.355 e. The molecule has 6 nitrogen and oxygen atoms in total. The van der Waals surface area contributed by atoms with E-state index in [-0.39, 0.29) is 18.4 Å². The number of benzene rings is 2. The lowest BCUT2D eigenvalue weighted by Crippen LogP contribution is -2.40. The van der Waals surface area contributed by atoms with Crippen LogP contribution in [-0.4, -0.2) is 33.6 Å². The van der Waals surface area contributed by atoms with Gasteiger partial charge in [-0.2, -0.15) is 5.10 Å². The number of carbonyl (C=O) groups excluding carboxylic acids is 1. The second-order valence-corrected chi connectivity index (χ2v) is 9.17. The van der Waals surface area contributed by atoms with E-state index >= 15 is 0 Å². The predicted octanol–water partition coefficient (Wildman–Crippen LogP) is 4.82. The summed E-state index contributed by atoms with van der Waals surface area (Å²) in [6.45, 7) is 5.66. The van der Waals surface area contributed by atoms with Crippen LogP contribution in [0.2, 0.25) is 0 Å². The molecule has 0 saturated carbocycles. The highest BCUT2D eigenvalue weighted by molar-refractivity contribution is 5.79. The van der Waals surface area contributed by atoms with Crippen LogP contribution in [0.1, 0.15) is 29.5 Å². The zero-order chi connectivity index (χ0) is 24.5. The number of hydrogen-bond donors (Lipinski definition) is 1. The second-order valence-electron chi connectivity index (χ2n) is 9.17. The Hall–Kier alpha value is -3.81. The lowest BCUT2D eigenvalue weighted by Gasteiger charge is -2.32. The van der Waals surface area contributed by atoms with Crippen LogP contribution in [0, 0.1) is 31.4 Å². The molecule has 35 heavy (non-hydrogen) atoms. The largest absolute Gasteiger partial charge is 0.355 e. The van der Waals surface area contributed by atoms with E-state index in [9.17, 15) is 13.6 Å². The van der Waals surface area contributed by atoms with Crippen LogP contribution >= 0.6 is 0 Å². The second kappa shape index (κ2) is 9.44. The lowest BCUT2D eigenvalue weighted by molar-refractivity contribution is -0.125. The third-order valence-corrected chi connectivity index (χ3v) is 6.73. The minimum atomic E-state index is -0.648. The molecule has 1 N–H and O–H groups in total. The first-order chi connectivity index (χ1) is 16.9. The van der Waals surface area contributed by atoms with Gasteiger partial charge in [0.1, 0.15) is 17.2 Å². The van der Waals surface area contributed by atoms with Crippen LogP contribution in [0.3, 0.4) is 0 Å². The molecule has 1 fully saturated rings. The quantitative estimate of drug-likeness (QED) is 0.449.